The van der Waals surface area contributed by atoms with Crippen LogP contribution in [0.1, 0.15) is 67.9 Å². The Morgan fingerprint density at radius 3 is 2.09 bits per heavy atom. The number of hydrogen-bond donors (Lipinski definition) is 2. The lowest BCUT2D eigenvalue weighted by Crippen LogP contribution is -2.33. The third-order valence-electron chi connectivity index (χ3n) is 4.00. The normalized spacial score (nSPS) is 12.5. The van der Waals surface area contributed by atoms with Crippen LogP contribution in [0.3, 0.4) is 0 Å². The fourth-order valence-corrected chi connectivity index (χ4v) is 2.39. The van der Waals surface area contributed by atoms with Crippen LogP contribution in [-0.4, -0.2) is 40.6 Å². The average Bonchev–Trinajstić information content (AvgIpc) is 2.45. The average molecular weight is 321 g/mol. The molecule has 0 radical (unpaired) electrons. The number of phenolic OH excluding ortho intramolecular Hbond substituents is 1. The Balaban J connectivity index is 3.24. The van der Waals surface area contributed by atoms with Gasteiger partial charge in [0.05, 0.1) is 11.5 Å². The summed E-state index contributed by atoms with van der Waals surface area (Å²) in [4.78, 5) is 25.0. The summed E-state index contributed by atoms with van der Waals surface area (Å²) in [7, 11) is 1.55. The summed E-state index contributed by atoms with van der Waals surface area (Å²) < 4.78 is 0. The van der Waals surface area contributed by atoms with Gasteiger partial charge in [0.25, 0.3) is 5.91 Å². The lowest BCUT2D eigenvalue weighted by Gasteiger charge is -2.22. The first-order valence-corrected chi connectivity index (χ1v) is 7.91. The summed E-state index contributed by atoms with van der Waals surface area (Å²) in [6.07, 6.45) is 0. The Kier molecular flexibility index (Phi) is 6.19. The van der Waals surface area contributed by atoms with Crippen molar-refractivity contribution in [1.82, 2.24) is 4.90 Å². The fraction of sp³-hybridized carbons (Fsp3) is 0.556. The molecule has 0 saturated carbocycles. The number of carbonyl (C=O) groups excluding carboxylic acids is 1. The highest BCUT2D eigenvalue weighted by Crippen LogP contribution is 2.33. The van der Waals surface area contributed by atoms with Crippen molar-refractivity contribution in [3.8, 4) is 5.75 Å². The van der Waals surface area contributed by atoms with Gasteiger partial charge >= 0.3 is 5.97 Å². The van der Waals surface area contributed by atoms with Crippen molar-refractivity contribution in [2.45, 2.75) is 46.5 Å². The minimum absolute atomic E-state index is 0.00997. The molecule has 5 nitrogen and oxygen atoms in total. The molecule has 1 unspecified atom stereocenters. The van der Waals surface area contributed by atoms with Crippen LogP contribution in [0.25, 0.3) is 0 Å². The van der Waals surface area contributed by atoms with Crippen molar-refractivity contribution in [3.63, 3.8) is 0 Å². The van der Waals surface area contributed by atoms with Crippen LogP contribution in [-0.2, 0) is 4.79 Å². The second-order valence-corrected chi connectivity index (χ2v) is 6.74. The molecule has 128 valence electrons. The highest BCUT2D eigenvalue weighted by atomic mass is 16.4. The van der Waals surface area contributed by atoms with Gasteiger partial charge in [-0.15, -0.1) is 0 Å². The SMILES string of the molecule is CC(CN(C)C(=O)c1cc(C(C)C)cc(C(C)C)c1O)C(=O)O. The quantitative estimate of drug-likeness (QED) is 0.841. The van der Waals surface area contributed by atoms with Crippen molar-refractivity contribution in [1.29, 1.82) is 0 Å². The van der Waals surface area contributed by atoms with Crippen LogP contribution in [0, 0.1) is 5.92 Å². The van der Waals surface area contributed by atoms with Crippen molar-refractivity contribution in [2.75, 3.05) is 13.6 Å². The van der Waals surface area contributed by atoms with Crippen LogP contribution in [0.4, 0.5) is 0 Å². The van der Waals surface area contributed by atoms with Crippen molar-refractivity contribution in [3.05, 3.63) is 28.8 Å². The molecule has 2 N–H and O–H groups in total. The van der Waals surface area contributed by atoms with Crippen molar-refractivity contribution in [2.24, 2.45) is 5.92 Å². The molecule has 5 heteroatoms. The van der Waals surface area contributed by atoms with Gasteiger partial charge < -0.3 is 15.1 Å². The summed E-state index contributed by atoms with van der Waals surface area (Å²) in [5, 5.41) is 19.4. The van der Waals surface area contributed by atoms with E-state index in [0.29, 0.717) is 0 Å². The zero-order valence-corrected chi connectivity index (χ0v) is 14.8. The topological polar surface area (TPSA) is 77.8 Å². The smallest absolute Gasteiger partial charge is 0.308 e. The molecule has 0 heterocycles. The molecular weight excluding hydrogens is 294 g/mol. The number of hydrogen-bond acceptors (Lipinski definition) is 3. The number of phenols is 1. The van der Waals surface area contributed by atoms with Gasteiger partial charge in [-0.05, 0) is 29.0 Å². The highest BCUT2D eigenvalue weighted by Gasteiger charge is 2.24. The predicted octanol–water partition coefficient (Wildman–Crippen LogP) is 3.43. The molecule has 1 atom stereocenters. The second-order valence-electron chi connectivity index (χ2n) is 6.74. The van der Waals surface area contributed by atoms with Crippen LogP contribution in [0.5, 0.6) is 5.75 Å². The molecule has 1 aromatic carbocycles. The molecule has 0 aromatic heterocycles. The Hall–Kier alpha value is -2.04. The highest BCUT2D eigenvalue weighted by molar-refractivity contribution is 5.97. The first kappa shape index (κ1) is 19.0. The van der Waals surface area contributed by atoms with Gasteiger partial charge in [-0.1, -0.05) is 40.7 Å². The second kappa shape index (κ2) is 7.49. The van der Waals surface area contributed by atoms with Crippen LogP contribution in [0.15, 0.2) is 12.1 Å². The van der Waals surface area contributed by atoms with E-state index < -0.39 is 11.9 Å². The first-order chi connectivity index (χ1) is 10.6. The molecule has 0 aliphatic carbocycles. The van der Waals surface area contributed by atoms with Gasteiger partial charge in [-0.25, -0.2) is 0 Å². The molecule has 0 aliphatic heterocycles. The monoisotopic (exact) mass is 321 g/mol. The third-order valence-corrected chi connectivity index (χ3v) is 4.00. The van der Waals surface area contributed by atoms with E-state index in [2.05, 4.69) is 0 Å². The lowest BCUT2D eigenvalue weighted by molar-refractivity contribution is -0.141. The maximum Gasteiger partial charge on any atom is 0.308 e. The Morgan fingerprint density at radius 1 is 1.09 bits per heavy atom. The number of aromatic hydroxyl groups is 1. The lowest BCUT2D eigenvalue weighted by atomic mass is 9.91. The fourth-order valence-electron chi connectivity index (χ4n) is 2.39. The standard InChI is InChI=1S/C18H27NO4/c1-10(2)13-7-14(11(3)4)16(20)15(8-13)17(21)19(6)9-12(5)18(22)23/h7-8,10-12,20H,9H2,1-6H3,(H,22,23). The van der Waals surface area contributed by atoms with E-state index >= 15 is 0 Å². The zero-order chi connectivity index (χ0) is 17.9. The van der Waals surface area contributed by atoms with E-state index in [9.17, 15) is 14.7 Å². The third kappa shape index (κ3) is 4.47. The van der Waals surface area contributed by atoms with E-state index in [1.165, 1.54) is 4.90 Å². The largest absolute Gasteiger partial charge is 0.507 e. The van der Waals surface area contributed by atoms with E-state index in [1.807, 2.05) is 33.8 Å². The number of carbonyl (C=O) groups is 2. The van der Waals surface area contributed by atoms with Crippen LogP contribution in [0.2, 0.25) is 0 Å². The number of rotatable bonds is 6. The maximum atomic E-state index is 12.6. The molecule has 0 saturated heterocycles. The Labute approximate surface area is 137 Å². The molecular formula is C18H27NO4. The predicted molar refractivity (Wildman–Crippen MR) is 90.0 cm³/mol. The number of nitrogens with zero attached hydrogens (tertiary/aromatic N) is 1. The first-order valence-electron chi connectivity index (χ1n) is 7.91. The molecule has 0 bridgehead atoms. The number of aliphatic carboxylic acids is 1. The minimum atomic E-state index is -0.951. The van der Waals surface area contributed by atoms with Gasteiger partial charge in [0.2, 0.25) is 0 Å². The van der Waals surface area contributed by atoms with E-state index in [1.54, 1.807) is 20.0 Å². The number of carboxylic acids is 1. The van der Waals surface area contributed by atoms with Gasteiger partial charge in [-0.2, -0.15) is 0 Å². The molecule has 0 spiro atoms. The summed E-state index contributed by atoms with van der Waals surface area (Å²) in [6.45, 7) is 9.63. The summed E-state index contributed by atoms with van der Waals surface area (Å²) in [6, 6.07) is 3.64. The van der Waals surface area contributed by atoms with Gasteiger partial charge in [-0.3, -0.25) is 9.59 Å². The van der Waals surface area contributed by atoms with Crippen LogP contribution < -0.4 is 0 Å². The molecule has 23 heavy (non-hydrogen) atoms. The molecule has 1 amide bonds. The molecule has 1 rings (SSSR count). The summed E-state index contributed by atoms with van der Waals surface area (Å²) in [5.74, 6) is -1.67. The van der Waals surface area contributed by atoms with Gasteiger partial charge in [0.1, 0.15) is 5.75 Å². The van der Waals surface area contributed by atoms with E-state index in [4.69, 9.17) is 5.11 Å². The minimum Gasteiger partial charge on any atom is -0.507 e. The van der Waals surface area contributed by atoms with E-state index in [-0.39, 0.29) is 35.6 Å². The molecule has 0 aliphatic rings. The molecule has 0 fully saturated rings. The number of carboxylic acid groups (broad SMARTS) is 1. The summed E-state index contributed by atoms with van der Waals surface area (Å²) in [5.41, 5.74) is 1.95. The van der Waals surface area contributed by atoms with Crippen molar-refractivity contribution >= 4 is 11.9 Å². The van der Waals surface area contributed by atoms with Gasteiger partial charge in [0, 0.05) is 13.6 Å². The maximum absolute atomic E-state index is 12.6. The zero-order valence-electron chi connectivity index (χ0n) is 14.8. The summed E-state index contributed by atoms with van der Waals surface area (Å²) >= 11 is 0. The Morgan fingerprint density at radius 2 is 1.65 bits per heavy atom. The molecule has 1 aromatic rings. The number of benzene rings is 1. The van der Waals surface area contributed by atoms with Crippen LogP contribution >= 0.6 is 0 Å². The Bertz CT molecular complexity index is 593. The van der Waals surface area contributed by atoms with Gasteiger partial charge in [0.15, 0.2) is 0 Å². The van der Waals surface area contributed by atoms with Crippen molar-refractivity contribution < 1.29 is 19.8 Å². The number of amides is 1. The van der Waals surface area contributed by atoms with E-state index in [0.717, 1.165) is 11.1 Å².